The first-order valence-electron chi connectivity index (χ1n) is 13.4. The Labute approximate surface area is 254 Å². The minimum Gasteiger partial charge on any atom is -0.496 e. The molecule has 7 nitrogen and oxygen atoms in total. The summed E-state index contributed by atoms with van der Waals surface area (Å²) in [6.45, 7) is 5.74. The fraction of sp³-hybridized carbons (Fsp3) is 0.182. The van der Waals surface area contributed by atoms with Crippen LogP contribution in [0.25, 0.3) is 28.2 Å². The summed E-state index contributed by atoms with van der Waals surface area (Å²) in [7, 11) is 1.58. The van der Waals surface area contributed by atoms with E-state index in [1.807, 2.05) is 73.7 Å². The minimum absolute atomic E-state index is 0.192. The van der Waals surface area contributed by atoms with Crippen LogP contribution >= 0.6 is 27.3 Å². The minimum atomic E-state index is -0.806. The monoisotopic (exact) mass is 642 g/mol. The quantitative estimate of drug-likeness (QED) is 0.203. The summed E-state index contributed by atoms with van der Waals surface area (Å²) >= 11 is 4.86. The lowest BCUT2D eigenvalue weighted by molar-refractivity contribution is -0.139. The van der Waals surface area contributed by atoms with Crippen molar-refractivity contribution in [2.45, 2.75) is 26.8 Å². The van der Waals surface area contributed by atoms with Crippen molar-refractivity contribution in [1.82, 2.24) is 4.57 Å². The van der Waals surface area contributed by atoms with E-state index < -0.39 is 12.0 Å². The molecule has 0 aliphatic carbocycles. The van der Waals surface area contributed by atoms with Crippen LogP contribution in [-0.2, 0) is 9.53 Å². The number of aromatic nitrogens is 1. The van der Waals surface area contributed by atoms with Gasteiger partial charge >= 0.3 is 5.97 Å². The molecule has 1 aliphatic heterocycles. The summed E-state index contributed by atoms with van der Waals surface area (Å²) in [6, 6.07) is 20.6. The molecule has 0 saturated heterocycles. The number of ether oxygens (including phenoxy) is 2. The zero-order valence-corrected chi connectivity index (χ0v) is 25.8. The van der Waals surface area contributed by atoms with Gasteiger partial charge in [-0.15, -0.1) is 0 Å². The highest BCUT2D eigenvalue weighted by atomic mass is 79.9. The topological polar surface area (TPSA) is 83.0 Å². The predicted octanol–water partition coefficient (Wildman–Crippen LogP) is 6.29. The van der Waals surface area contributed by atoms with Crippen molar-refractivity contribution in [1.29, 1.82) is 0 Å². The Balaban J connectivity index is 1.56. The number of hydrogen-bond donors (Lipinski definition) is 0. The number of methoxy groups -OCH3 is 1. The predicted molar refractivity (Wildman–Crippen MR) is 167 cm³/mol. The number of furan rings is 1. The maximum atomic E-state index is 14.2. The molecule has 2 aromatic heterocycles. The molecule has 1 atom stereocenters. The highest BCUT2D eigenvalue weighted by Gasteiger charge is 2.36. The lowest BCUT2D eigenvalue weighted by Crippen LogP contribution is -2.40. The fourth-order valence-electron chi connectivity index (χ4n) is 5.32. The third kappa shape index (κ3) is 4.82. The van der Waals surface area contributed by atoms with E-state index in [4.69, 9.17) is 18.9 Å². The molecule has 0 spiro atoms. The number of carbonyl (C=O) groups excluding carboxylic acids is 1. The van der Waals surface area contributed by atoms with Crippen molar-refractivity contribution in [3.63, 3.8) is 0 Å². The van der Waals surface area contributed by atoms with Gasteiger partial charge in [-0.25, -0.2) is 9.79 Å². The second-order valence-corrected chi connectivity index (χ2v) is 11.8. The molecule has 0 bridgehead atoms. The van der Waals surface area contributed by atoms with Crippen molar-refractivity contribution in [2.24, 2.45) is 4.99 Å². The van der Waals surface area contributed by atoms with Gasteiger partial charge in [0.2, 0.25) is 0 Å². The molecule has 0 saturated carbocycles. The number of esters is 1. The molecule has 0 N–H and O–H groups in total. The standard InChI is InChI=1S/C33H27BrN2O5S/c1-5-40-32(38)28-19(3)35-33-36(30(28)29-22-9-7-6-8-20(22)11-14-26(29)39-4)31(37)27(42-33)17-21-12-15-25(41-21)23-13-10-18(2)16-24(23)34/h6-17,30H,5H2,1-4H3/b27-17-. The first kappa shape index (κ1) is 27.9. The van der Waals surface area contributed by atoms with Gasteiger partial charge in [0.15, 0.2) is 4.80 Å². The maximum absolute atomic E-state index is 14.2. The van der Waals surface area contributed by atoms with Crippen LogP contribution < -0.4 is 19.6 Å². The van der Waals surface area contributed by atoms with Gasteiger partial charge in [0.25, 0.3) is 5.56 Å². The number of allylic oxidation sites excluding steroid dienone is 1. The van der Waals surface area contributed by atoms with E-state index in [9.17, 15) is 9.59 Å². The van der Waals surface area contributed by atoms with Crippen molar-refractivity contribution in [3.8, 4) is 17.1 Å². The number of fused-ring (bicyclic) bond motifs is 2. The molecule has 6 rings (SSSR count). The largest absolute Gasteiger partial charge is 0.496 e. The van der Waals surface area contributed by atoms with E-state index in [1.165, 1.54) is 11.3 Å². The zero-order valence-electron chi connectivity index (χ0n) is 23.4. The Kier molecular flexibility index (Phi) is 7.47. The van der Waals surface area contributed by atoms with Crippen LogP contribution in [0.15, 0.2) is 96.7 Å². The average Bonchev–Trinajstić information content (AvgIpc) is 3.55. The third-order valence-electron chi connectivity index (χ3n) is 7.23. The number of aryl methyl sites for hydroxylation is 1. The van der Waals surface area contributed by atoms with Gasteiger partial charge in [-0.1, -0.05) is 63.7 Å². The van der Waals surface area contributed by atoms with Gasteiger partial charge in [0, 0.05) is 21.7 Å². The second kappa shape index (κ2) is 11.2. The van der Waals surface area contributed by atoms with E-state index in [0.29, 0.717) is 43.4 Å². The Hall–Kier alpha value is -4.21. The van der Waals surface area contributed by atoms with Crippen LogP contribution in [0.3, 0.4) is 0 Å². The fourth-order valence-corrected chi connectivity index (χ4v) is 7.04. The molecule has 3 heterocycles. The first-order valence-corrected chi connectivity index (χ1v) is 15.0. The SMILES string of the molecule is CCOC(=O)C1=C(C)N=c2s/c(=C\c3ccc(-c4ccc(C)cc4Br)o3)c(=O)n2C1c1c(OC)ccc2ccccc12. The van der Waals surface area contributed by atoms with E-state index in [2.05, 4.69) is 15.9 Å². The highest BCUT2D eigenvalue weighted by molar-refractivity contribution is 9.10. The van der Waals surface area contributed by atoms with Crippen molar-refractivity contribution in [2.75, 3.05) is 13.7 Å². The summed E-state index contributed by atoms with van der Waals surface area (Å²) in [5.41, 5.74) is 3.25. The van der Waals surface area contributed by atoms with E-state index in [-0.39, 0.29) is 12.2 Å². The Morgan fingerprint density at radius 1 is 1.12 bits per heavy atom. The van der Waals surface area contributed by atoms with Crippen LogP contribution in [0.2, 0.25) is 0 Å². The van der Waals surface area contributed by atoms with Crippen LogP contribution in [-0.4, -0.2) is 24.3 Å². The van der Waals surface area contributed by atoms with Crippen LogP contribution in [0.5, 0.6) is 5.75 Å². The molecular formula is C33H27BrN2O5S. The molecule has 0 fully saturated rings. The summed E-state index contributed by atoms with van der Waals surface area (Å²) in [4.78, 5) is 32.7. The van der Waals surface area contributed by atoms with Crippen molar-refractivity contribution in [3.05, 3.63) is 119 Å². The first-order chi connectivity index (χ1) is 20.3. The number of carbonyl (C=O) groups is 1. The molecule has 212 valence electrons. The van der Waals surface area contributed by atoms with Gasteiger partial charge in [-0.3, -0.25) is 9.36 Å². The highest BCUT2D eigenvalue weighted by Crippen LogP contribution is 2.40. The number of thiazole rings is 1. The molecule has 0 amide bonds. The maximum Gasteiger partial charge on any atom is 0.338 e. The van der Waals surface area contributed by atoms with Gasteiger partial charge in [-0.2, -0.15) is 0 Å². The number of hydrogen-bond acceptors (Lipinski definition) is 7. The molecule has 0 radical (unpaired) electrons. The molecule has 3 aromatic carbocycles. The van der Waals surface area contributed by atoms with Crippen LogP contribution in [0.4, 0.5) is 0 Å². The van der Waals surface area contributed by atoms with Crippen LogP contribution in [0, 0.1) is 6.92 Å². The smallest absolute Gasteiger partial charge is 0.338 e. The van der Waals surface area contributed by atoms with Crippen molar-refractivity contribution < 1.29 is 18.7 Å². The second-order valence-electron chi connectivity index (χ2n) is 9.89. The summed E-state index contributed by atoms with van der Waals surface area (Å²) in [5.74, 6) is 1.25. The lowest BCUT2D eigenvalue weighted by Gasteiger charge is -2.27. The van der Waals surface area contributed by atoms with Gasteiger partial charge in [0.1, 0.15) is 23.3 Å². The van der Waals surface area contributed by atoms with Gasteiger partial charge in [0.05, 0.1) is 29.5 Å². The Morgan fingerprint density at radius 3 is 2.69 bits per heavy atom. The normalized spacial score (nSPS) is 15.1. The number of benzene rings is 3. The Morgan fingerprint density at radius 2 is 1.93 bits per heavy atom. The summed E-state index contributed by atoms with van der Waals surface area (Å²) in [6.07, 6.45) is 1.72. The lowest BCUT2D eigenvalue weighted by atomic mass is 9.90. The summed E-state index contributed by atoms with van der Waals surface area (Å²) in [5, 5.41) is 1.82. The molecule has 1 unspecified atom stereocenters. The van der Waals surface area contributed by atoms with Gasteiger partial charge in [-0.05, 0) is 67.4 Å². The number of halogens is 1. The van der Waals surface area contributed by atoms with E-state index in [1.54, 1.807) is 31.6 Å². The van der Waals surface area contributed by atoms with E-state index in [0.717, 1.165) is 26.4 Å². The molecule has 9 heteroatoms. The van der Waals surface area contributed by atoms with Crippen LogP contribution in [0.1, 0.15) is 36.8 Å². The number of rotatable bonds is 6. The molecule has 42 heavy (non-hydrogen) atoms. The molecular weight excluding hydrogens is 616 g/mol. The Bertz CT molecular complexity index is 2090. The third-order valence-corrected chi connectivity index (χ3v) is 8.87. The average molecular weight is 644 g/mol. The zero-order chi connectivity index (χ0) is 29.5. The summed E-state index contributed by atoms with van der Waals surface area (Å²) < 4.78 is 20.3. The number of nitrogens with zero attached hydrogens (tertiary/aromatic N) is 2. The molecule has 5 aromatic rings. The molecule has 1 aliphatic rings. The van der Waals surface area contributed by atoms with E-state index >= 15 is 0 Å². The van der Waals surface area contributed by atoms with Crippen molar-refractivity contribution >= 4 is 50.1 Å². The van der Waals surface area contributed by atoms with Gasteiger partial charge < -0.3 is 13.9 Å².